The molecule has 0 saturated heterocycles. The number of benzene rings is 1. The highest BCUT2D eigenvalue weighted by atomic mass is 79.9. The molecule has 0 heterocycles. The number of hydrogen-bond donors (Lipinski definition) is 3. The Morgan fingerprint density at radius 2 is 2.13 bits per heavy atom. The van der Waals surface area contributed by atoms with E-state index in [-0.39, 0.29) is 5.11 Å². The molecule has 0 aliphatic rings. The van der Waals surface area contributed by atoms with E-state index in [9.17, 15) is 0 Å². The summed E-state index contributed by atoms with van der Waals surface area (Å²) in [7, 11) is 0. The largest absolute Gasteiger partial charge is 0.397 e. The van der Waals surface area contributed by atoms with Crippen molar-refractivity contribution in [3.8, 4) is 0 Å². The summed E-state index contributed by atoms with van der Waals surface area (Å²) in [5.74, 6) is 0. The number of rotatable bonds is 2. The van der Waals surface area contributed by atoms with Crippen LogP contribution in [-0.4, -0.2) is 11.3 Å². The van der Waals surface area contributed by atoms with Crippen LogP contribution in [0.15, 0.2) is 26.2 Å². The Morgan fingerprint density at radius 3 is 2.73 bits per heavy atom. The number of halogens is 2. The maximum Gasteiger partial charge on any atom is 0.184 e. The first-order valence-electron chi connectivity index (χ1n) is 3.83. The molecule has 1 aromatic carbocycles. The first kappa shape index (κ1) is 12.4. The van der Waals surface area contributed by atoms with E-state index in [1.54, 1.807) is 6.21 Å². The van der Waals surface area contributed by atoms with Gasteiger partial charge in [-0.1, -0.05) is 15.9 Å². The Bertz CT molecular complexity index is 419. The highest BCUT2D eigenvalue weighted by molar-refractivity contribution is 9.11. The van der Waals surface area contributed by atoms with E-state index in [4.69, 9.17) is 11.5 Å². The van der Waals surface area contributed by atoms with Crippen LogP contribution in [0.1, 0.15) is 5.56 Å². The Balaban J connectivity index is 2.94. The standard InChI is InChI=1S/C8H8Br2N4S/c9-5-1-4(3-13-14-8(12)15)7(11)6(10)2-5/h1-3H,11H2,(H3,12,14,15). The van der Waals surface area contributed by atoms with Crippen molar-refractivity contribution in [2.75, 3.05) is 5.73 Å². The van der Waals surface area contributed by atoms with Crippen molar-refractivity contribution < 1.29 is 0 Å². The molecule has 0 saturated carbocycles. The summed E-state index contributed by atoms with van der Waals surface area (Å²) in [6.07, 6.45) is 1.55. The Hall–Kier alpha value is -0.660. The summed E-state index contributed by atoms with van der Waals surface area (Å²) in [5, 5.41) is 3.93. The van der Waals surface area contributed by atoms with Crippen molar-refractivity contribution in [1.29, 1.82) is 0 Å². The Labute approximate surface area is 109 Å². The monoisotopic (exact) mass is 350 g/mol. The molecule has 0 amide bonds. The third-order valence-corrected chi connectivity index (χ3v) is 2.71. The zero-order chi connectivity index (χ0) is 11.4. The molecule has 0 aliphatic heterocycles. The Kier molecular flexibility index (Phi) is 4.49. The first-order chi connectivity index (χ1) is 7.00. The fourth-order valence-corrected chi connectivity index (χ4v) is 2.19. The van der Waals surface area contributed by atoms with Crippen molar-refractivity contribution in [3.05, 3.63) is 26.6 Å². The van der Waals surface area contributed by atoms with Gasteiger partial charge in [0.1, 0.15) is 0 Å². The average Bonchev–Trinajstić information content (AvgIpc) is 2.12. The second kappa shape index (κ2) is 5.43. The second-order valence-electron chi connectivity index (χ2n) is 2.62. The van der Waals surface area contributed by atoms with Gasteiger partial charge in [0.05, 0.1) is 11.9 Å². The smallest absolute Gasteiger partial charge is 0.184 e. The summed E-state index contributed by atoms with van der Waals surface area (Å²) in [6, 6.07) is 3.69. The zero-order valence-corrected chi connectivity index (χ0v) is 11.5. The molecule has 1 aromatic rings. The molecule has 7 heteroatoms. The van der Waals surface area contributed by atoms with Crippen molar-refractivity contribution in [2.45, 2.75) is 0 Å². The maximum absolute atomic E-state index is 5.82. The van der Waals surface area contributed by atoms with E-state index < -0.39 is 0 Å². The quantitative estimate of drug-likeness (QED) is 0.329. The summed E-state index contributed by atoms with van der Waals surface area (Å²) >= 11 is 11.3. The fraction of sp³-hybridized carbons (Fsp3) is 0. The van der Waals surface area contributed by atoms with Gasteiger partial charge in [0.25, 0.3) is 0 Å². The Morgan fingerprint density at radius 1 is 1.47 bits per heavy atom. The lowest BCUT2D eigenvalue weighted by atomic mass is 10.2. The van der Waals surface area contributed by atoms with Gasteiger partial charge >= 0.3 is 0 Å². The number of nitrogens with zero attached hydrogens (tertiary/aromatic N) is 1. The lowest BCUT2D eigenvalue weighted by molar-refractivity contribution is 1.04. The molecule has 80 valence electrons. The summed E-state index contributed by atoms with van der Waals surface area (Å²) in [5.41, 5.74) is 14.8. The van der Waals surface area contributed by atoms with Crippen LogP contribution in [0.4, 0.5) is 5.69 Å². The molecule has 0 fully saturated rings. The molecule has 15 heavy (non-hydrogen) atoms. The lowest BCUT2D eigenvalue weighted by Crippen LogP contribution is -2.24. The minimum absolute atomic E-state index is 0.110. The number of nitrogens with two attached hydrogens (primary N) is 2. The van der Waals surface area contributed by atoms with Gasteiger partial charge in [-0.2, -0.15) is 5.10 Å². The average molecular weight is 352 g/mol. The number of hydrazone groups is 1. The van der Waals surface area contributed by atoms with Crippen LogP contribution < -0.4 is 16.9 Å². The van der Waals surface area contributed by atoms with Crippen molar-refractivity contribution >= 4 is 61.1 Å². The molecule has 1 rings (SSSR count). The number of nitrogen functional groups attached to an aromatic ring is 1. The van der Waals surface area contributed by atoms with Gasteiger partial charge in [0, 0.05) is 14.5 Å². The third kappa shape index (κ3) is 3.77. The van der Waals surface area contributed by atoms with Crippen molar-refractivity contribution in [2.24, 2.45) is 10.8 Å². The fourth-order valence-electron chi connectivity index (χ4n) is 0.877. The highest BCUT2D eigenvalue weighted by Crippen LogP contribution is 2.26. The molecular weight excluding hydrogens is 344 g/mol. The van der Waals surface area contributed by atoms with Gasteiger partial charge in [-0.05, 0) is 40.3 Å². The van der Waals surface area contributed by atoms with Crippen LogP contribution in [0.5, 0.6) is 0 Å². The summed E-state index contributed by atoms with van der Waals surface area (Å²) in [4.78, 5) is 0. The molecule has 0 unspecified atom stereocenters. The third-order valence-electron chi connectivity index (χ3n) is 1.50. The first-order valence-corrected chi connectivity index (χ1v) is 5.83. The maximum atomic E-state index is 5.82. The molecule has 0 aromatic heterocycles. The SMILES string of the molecule is NC(=S)NN=Cc1cc(Br)cc(Br)c1N. The predicted octanol–water partition coefficient (Wildman–Crippen LogP) is 1.96. The molecule has 0 aliphatic carbocycles. The summed E-state index contributed by atoms with van der Waals surface area (Å²) in [6.45, 7) is 0. The molecule has 5 N–H and O–H groups in total. The van der Waals surface area contributed by atoms with Gasteiger partial charge in [-0.3, -0.25) is 5.43 Å². The minimum atomic E-state index is 0.110. The van der Waals surface area contributed by atoms with Crippen LogP contribution in [-0.2, 0) is 0 Å². The molecule has 0 radical (unpaired) electrons. The topological polar surface area (TPSA) is 76.4 Å². The molecule has 4 nitrogen and oxygen atoms in total. The highest BCUT2D eigenvalue weighted by Gasteiger charge is 2.02. The molecule has 0 bridgehead atoms. The van der Waals surface area contributed by atoms with Crippen LogP contribution in [0.25, 0.3) is 0 Å². The van der Waals surface area contributed by atoms with E-state index in [0.29, 0.717) is 5.69 Å². The van der Waals surface area contributed by atoms with Crippen LogP contribution in [0, 0.1) is 0 Å². The number of anilines is 1. The van der Waals surface area contributed by atoms with E-state index >= 15 is 0 Å². The van der Waals surface area contributed by atoms with E-state index in [2.05, 4.69) is 54.6 Å². The van der Waals surface area contributed by atoms with Gasteiger partial charge < -0.3 is 11.5 Å². The number of thiocarbonyl (C=S) groups is 1. The number of nitrogens with one attached hydrogen (secondary N) is 1. The second-order valence-corrected chi connectivity index (χ2v) is 4.83. The van der Waals surface area contributed by atoms with E-state index in [0.717, 1.165) is 14.5 Å². The van der Waals surface area contributed by atoms with Crippen molar-refractivity contribution in [1.82, 2.24) is 5.43 Å². The minimum Gasteiger partial charge on any atom is -0.397 e. The van der Waals surface area contributed by atoms with Gasteiger partial charge in [-0.15, -0.1) is 0 Å². The molecule has 0 atom stereocenters. The van der Waals surface area contributed by atoms with Gasteiger partial charge in [0.2, 0.25) is 0 Å². The van der Waals surface area contributed by atoms with Crippen LogP contribution in [0.3, 0.4) is 0 Å². The molecule has 0 spiro atoms. The van der Waals surface area contributed by atoms with E-state index in [1.807, 2.05) is 12.1 Å². The van der Waals surface area contributed by atoms with Gasteiger partial charge in [-0.25, -0.2) is 0 Å². The normalized spacial score (nSPS) is 10.5. The molecular formula is C8H8Br2N4S. The lowest BCUT2D eigenvalue weighted by Gasteiger charge is -2.03. The van der Waals surface area contributed by atoms with Gasteiger partial charge in [0.15, 0.2) is 5.11 Å². The van der Waals surface area contributed by atoms with Crippen LogP contribution >= 0.6 is 44.1 Å². The summed E-state index contributed by atoms with van der Waals surface area (Å²) < 4.78 is 1.70. The van der Waals surface area contributed by atoms with Crippen molar-refractivity contribution in [3.63, 3.8) is 0 Å². The van der Waals surface area contributed by atoms with Crippen LogP contribution in [0.2, 0.25) is 0 Å². The predicted molar refractivity (Wildman–Crippen MR) is 73.8 cm³/mol. The number of hydrogen-bond acceptors (Lipinski definition) is 3. The zero-order valence-electron chi connectivity index (χ0n) is 7.50. The van der Waals surface area contributed by atoms with E-state index in [1.165, 1.54) is 0 Å².